The Morgan fingerprint density at radius 1 is 1.00 bits per heavy atom. The molecule has 2 N–H and O–H groups in total. The molecule has 1 aliphatic rings. The van der Waals surface area contributed by atoms with Crippen molar-refractivity contribution in [1.29, 1.82) is 0 Å². The van der Waals surface area contributed by atoms with E-state index < -0.39 is 0 Å². The van der Waals surface area contributed by atoms with Gasteiger partial charge in [-0.15, -0.1) is 0 Å². The molecule has 7 heteroatoms. The third-order valence-electron chi connectivity index (χ3n) is 5.49. The highest BCUT2D eigenvalue weighted by Crippen LogP contribution is 2.37. The molecule has 3 aromatic carbocycles. The molecule has 0 unspecified atom stereocenters. The average Bonchev–Trinajstić information content (AvgIpc) is 2.77. The number of benzene rings is 3. The molecule has 6 nitrogen and oxygen atoms in total. The summed E-state index contributed by atoms with van der Waals surface area (Å²) in [6.45, 7) is -0.155. The van der Waals surface area contributed by atoms with E-state index in [-0.39, 0.29) is 18.7 Å². The summed E-state index contributed by atoms with van der Waals surface area (Å²) in [5.41, 5.74) is 3.17. The number of ether oxygens (including phenoxy) is 1. The Bertz CT molecular complexity index is 985. The molecule has 1 amide bonds. The molecule has 148 valence electrons. The molecule has 0 saturated carbocycles. The van der Waals surface area contributed by atoms with Gasteiger partial charge < -0.3 is 15.2 Å². The van der Waals surface area contributed by atoms with Crippen LogP contribution in [0.3, 0.4) is 0 Å². The van der Waals surface area contributed by atoms with Crippen LogP contribution in [0.25, 0.3) is 10.8 Å². The molecule has 0 aromatic heterocycles. The fourth-order valence-corrected chi connectivity index (χ4v) is 3.85. The Hall–Kier alpha value is -3.19. The fourth-order valence-electron chi connectivity index (χ4n) is 3.85. The van der Waals surface area contributed by atoms with Gasteiger partial charge in [-0.2, -0.15) is 0 Å². The van der Waals surface area contributed by atoms with E-state index in [9.17, 15) is 4.79 Å². The predicted octanol–water partition coefficient (Wildman–Crippen LogP) is 3.91. The number of hydrogen-bond acceptors (Lipinski definition) is 5. The molecular weight excluding hydrogens is 365 g/mol. The van der Waals surface area contributed by atoms with Gasteiger partial charge in [0, 0.05) is 36.0 Å². The molecule has 1 aliphatic heterocycles. The minimum atomic E-state index is -0.155. The Balaban J connectivity index is 1.70. The molecule has 3 aromatic rings. The molecule has 1 atom stereocenters. The van der Waals surface area contributed by atoms with Crippen LogP contribution in [0.2, 0.25) is 0 Å². The van der Waals surface area contributed by atoms with Crippen molar-refractivity contribution in [3.63, 3.8) is 0 Å². The zero-order valence-electron chi connectivity index (χ0n) is 16.8. The number of hydrogen-bond donors (Lipinski definition) is 2. The highest BCUT2D eigenvalue weighted by atomic mass is 16.7. The SMILES string of the molecule is COc1ccc([C@@H](CC(=O)N(C)OC)B2Nc3cccc4cccc(c34)N2)cc1. The first kappa shape index (κ1) is 19.1. The zero-order chi connectivity index (χ0) is 20.4. The second-order valence-electron chi connectivity index (χ2n) is 7.13. The topological polar surface area (TPSA) is 62.8 Å². The van der Waals surface area contributed by atoms with Crippen molar-refractivity contribution in [3.8, 4) is 5.75 Å². The molecule has 0 aliphatic carbocycles. The summed E-state index contributed by atoms with van der Waals surface area (Å²) in [5, 5.41) is 10.8. The molecule has 1 heterocycles. The van der Waals surface area contributed by atoms with Crippen LogP contribution >= 0.6 is 0 Å². The quantitative estimate of drug-likeness (QED) is 0.495. The number of carbonyl (C=O) groups is 1. The van der Waals surface area contributed by atoms with E-state index in [2.05, 4.69) is 34.7 Å². The summed E-state index contributed by atoms with van der Waals surface area (Å²) in [4.78, 5) is 17.8. The normalized spacial score (nSPS) is 13.4. The number of rotatable bonds is 6. The van der Waals surface area contributed by atoms with Gasteiger partial charge in [0.1, 0.15) is 5.75 Å². The number of nitrogens with one attached hydrogen (secondary N) is 2. The van der Waals surface area contributed by atoms with Crippen molar-refractivity contribution in [1.82, 2.24) is 5.06 Å². The van der Waals surface area contributed by atoms with Gasteiger partial charge >= 0.3 is 6.98 Å². The summed E-state index contributed by atoms with van der Waals surface area (Å²) < 4.78 is 5.29. The third-order valence-corrected chi connectivity index (χ3v) is 5.49. The molecule has 29 heavy (non-hydrogen) atoms. The maximum Gasteiger partial charge on any atom is 0.378 e. The first-order valence-electron chi connectivity index (χ1n) is 9.60. The smallest absolute Gasteiger partial charge is 0.378 e. The lowest BCUT2D eigenvalue weighted by molar-refractivity contribution is -0.168. The van der Waals surface area contributed by atoms with Crippen LogP contribution in [0.4, 0.5) is 11.4 Å². The van der Waals surface area contributed by atoms with Crippen molar-refractivity contribution in [3.05, 3.63) is 66.2 Å². The fraction of sp³-hybridized carbons (Fsp3) is 0.227. The number of nitrogens with zero attached hydrogens (tertiary/aromatic N) is 1. The van der Waals surface area contributed by atoms with Crippen LogP contribution in [0.15, 0.2) is 60.7 Å². The van der Waals surface area contributed by atoms with Crippen LogP contribution in [0.1, 0.15) is 17.8 Å². The predicted molar refractivity (Wildman–Crippen MR) is 117 cm³/mol. The van der Waals surface area contributed by atoms with Crippen LogP contribution in [-0.4, -0.2) is 39.2 Å². The minimum Gasteiger partial charge on any atom is -0.497 e. The van der Waals surface area contributed by atoms with Crippen molar-refractivity contribution in [2.24, 2.45) is 0 Å². The molecular formula is C22H24BN3O3. The monoisotopic (exact) mass is 389 g/mol. The molecule has 0 radical (unpaired) electrons. The Morgan fingerprint density at radius 3 is 2.17 bits per heavy atom. The summed E-state index contributed by atoms with van der Waals surface area (Å²) >= 11 is 0. The zero-order valence-corrected chi connectivity index (χ0v) is 16.8. The number of anilines is 2. The van der Waals surface area contributed by atoms with Gasteiger partial charge in [-0.05, 0) is 35.2 Å². The Morgan fingerprint density at radius 2 is 1.62 bits per heavy atom. The van der Waals surface area contributed by atoms with Gasteiger partial charge in [0.2, 0.25) is 5.91 Å². The van der Waals surface area contributed by atoms with Crippen LogP contribution in [-0.2, 0) is 9.63 Å². The molecule has 0 fully saturated rings. The lowest BCUT2D eigenvalue weighted by Crippen LogP contribution is -2.45. The summed E-state index contributed by atoms with van der Waals surface area (Å²) in [6, 6.07) is 20.3. The van der Waals surface area contributed by atoms with Gasteiger partial charge in [0.05, 0.1) is 14.2 Å². The Kier molecular flexibility index (Phi) is 5.31. The van der Waals surface area contributed by atoms with Gasteiger partial charge in [-0.25, -0.2) is 5.06 Å². The van der Waals surface area contributed by atoms with Crippen LogP contribution in [0, 0.1) is 0 Å². The van der Waals surface area contributed by atoms with Crippen molar-refractivity contribution >= 4 is 35.0 Å². The van der Waals surface area contributed by atoms with Crippen molar-refractivity contribution < 1.29 is 14.4 Å². The maximum atomic E-state index is 12.7. The van der Waals surface area contributed by atoms with E-state index in [1.807, 2.05) is 36.4 Å². The van der Waals surface area contributed by atoms with E-state index >= 15 is 0 Å². The van der Waals surface area contributed by atoms with E-state index in [0.717, 1.165) is 22.7 Å². The third kappa shape index (κ3) is 3.73. The maximum absolute atomic E-state index is 12.7. The average molecular weight is 389 g/mol. The highest BCUT2D eigenvalue weighted by molar-refractivity contribution is 6.69. The second-order valence-corrected chi connectivity index (χ2v) is 7.13. The van der Waals surface area contributed by atoms with E-state index in [1.54, 1.807) is 14.2 Å². The van der Waals surface area contributed by atoms with E-state index in [4.69, 9.17) is 9.57 Å². The number of amides is 1. The van der Waals surface area contributed by atoms with Crippen molar-refractivity contribution in [2.45, 2.75) is 12.2 Å². The van der Waals surface area contributed by atoms with Crippen molar-refractivity contribution in [2.75, 3.05) is 31.7 Å². The standard InChI is InChI=1S/C22H24BN3O3/c1-26(29-3)21(27)14-18(15-10-12-17(28-2)13-11-15)23-24-19-8-4-6-16-7-5-9-20(25-23)22(16)19/h4-13,18,24-25H,14H2,1-3H3/t18-/m1/s1. The minimum absolute atomic E-state index is 0.0889. The molecule has 0 saturated heterocycles. The summed E-state index contributed by atoms with van der Waals surface area (Å²) in [7, 11) is 4.77. The lowest BCUT2D eigenvalue weighted by Gasteiger charge is -2.32. The largest absolute Gasteiger partial charge is 0.497 e. The Labute approximate surface area is 170 Å². The van der Waals surface area contributed by atoms with E-state index in [0.29, 0.717) is 6.42 Å². The number of carbonyl (C=O) groups excluding carboxylic acids is 1. The summed E-state index contributed by atoms with van der Waals surface area (Å²) in [5.74, 6) is 0.580. The van der Waals surface area contributed by atoms with Gasteiger partial charge in [0.15, 0.2) is 0 Å². The van der Waals surface area contributed by atoms with Crippen LogP contribution < -0.4 is 15.2 Å². The van der Waals surface area contributed by atoms with Gasteiger partial charge in [-0.1, -0.05) is 36.4 Å². The molecule has 0 bridgehead atoms. The number of methoxy groups -OCH3 is 1. The first-order valence-corrected chi connectivity index (χ1v) is 9.60. The molecule has 4 rings (SSSR count). The number of hydroxylamine groups is 2. The van der Waals surface area contributed by atoms with Gasteiger partial charge in [0.25, 0.3) is 0 Å². The lowest BCUT2D eigenvalue weighted by atomic mass is 9.56. The van der Waals surface area contributed by atoms with E-state index in [1.165, 1.54) is 22.9 Å². The van der Waals surface area contributed by atoms with Gasteiger partial charge in [-0.3, -0.25) is 9.63 Å². The highest BCUT2D eigenvalue weighted by Gasteiger charge is 2.35. The first-order chi connectivity index (χ1) is 14.1. The molecule has 0 spiro atoms. The van der Waals surface area contributed by atoms with Crippen LogP contribution in [0.5, 0.6) is 5.75 Å². The summed E-state index contributed by atoms with van der Waals surface area (Å²) in [6.07, 6.45) is 0.291. The second kappa shape index (κ2) is 8.05.